The summed E-state index contributed by atoms with van der Waals surface area (Å²) >= 11 is 0. The fourth-order valence-electron chi connectivity index (χ4n) is 2.01. The number of alkyl halides is 3. The summed E-state index contributed by atoms with van der Waals surface area (Å²) < 4.78 is 42.2. The molecule has 2 N–H and O–H groups in total. The van der Waals surface area contributed by atoms with Crippen molar-refractivity contribution in [3.8, 4) is 5.75 Å². The van der Waals surface area contributed by atoms with Gasteiger partial charge in [0.05, 0.1) is 6.10 Å². The smallest absolute Gasteiger partial charge is 0.417 e. The standard InChI is InChI=1S/C15H15F3O3/c1-9(19)11-7-6-10-4-2-3-5-12(10)14(11)21-8-13(20)15(16,17)18/h2-7,9,13,19-20H,8H2,1H3/t9-,13?/m1/s1. The van der Waals surface area contributed by atoms with Crippen LogP contribution in [0.25, 0.3) is 10.8 Å². The highest BCUT2D eigenvalue weighted by Crippen LogP contribution is 2.34. The first-order valence-corrected chi connectivity index (χ1v) is 6.38. The van der Waals surface area contributed by atoms with E-state index in [1.165, 1.54) is 6.92 Å². The van der Waals surface area contributed by atoms with Crippen molar-refractivity contribution in [1.29, 1.82) is 0 Å². The number of hydrogen-bond acceptors (Lipinski definition) is 3. The Morgan fingerprint density at radius 2 is 1.76 bits per heavy atom. The van der Waals surface area contributed by atoms with Crippen molar-refractivity contribution in [2.24, 2.45) is 0 Å². The Labute approximate surface area is 119 Å². The lowest BCUT2D eigenvalue weighted by Gasteiger charge is -2.19. The van der Waals surface area contributed by atoms with E-state index in [0.29, 0.717) is 10.9 Å². The van der Waals surface area contributed by atoms with Crippen LogP contribution in [0.1, 0.15) is 18.6 Å². The normalized spacial score (nSPS) is 15.0. The molecule has 2 aromatic rings. The topological polar surface area (TPSA) is 49.7 Å². The van der Waals surface area contributed by atoms with Gasteiger partial charge in [0.25, 0.3) is 0 Å². The zero-order valence-electron chi connectivity index (χ0n) is 11.3. The Kier molecular flexibility index (Phi) is 4.39. The molecule has 0 saturated heterocycles. The number of rotatable bonds is 4. The molecule has 0 amide bonds. The van der Waals surface area contributed by atoms with E-state index in [-0.39, 0.29) is 5.75 Å². The minimum Gasteiger partial charge on any atom is -0.489 e. The molecule has 3 nitrogen and oxygen atoms in total. The van der Waals surface area contributed by atoms with Crippen molar-refractivity contribution in [3.05, 3.63) is 42.0 Å². The lowest BCUT2D eigenvalue weighted by Crippen LogP contribution is -2.34. The monoisotopic (exact) mass is 300 g/mol. The number of benzene rings is 2. The van der Waals surface area contributed by atoms with Crippen LogP contribution in [0.5, 0.6) is 5.75 Å². The minimum absolute atomic E-state index is 0.159. The van der Waals surface area contributed by atoms with E-state index in [9.17, 15) is 18.3 Å². The largest absolute Gasteiger partial charge is 0.489 e. The van der Waals surface area contributed by atoms with E-state index >= 15 is 0 Å². The summed E-state index contributed by atoms with van der Waals surface area (Å²) in [5.74, 6) is 0.159. The molecule has 21 heavy (non-hydrogen) atoms. The maximum absolute atomic E-state index is 12.3. The Balaban J connectivity index is 2.38. The van der Waals surface area contributed by atoms with Crippen molar-refractivity contribution in [2.75, 3.05) is 6.61 Å². The van der Waals surface area contributed by atoms with Crippen LogP contribution in [0, 0.1) is 0 Å². The summed E-state index contributed by atoms with van der Waals surface area (Å²) in [7, 11) is 0. The number of ether oxygens (including phenoxy) is 1. The quantitative estimate of drug-likeness (QED) is 0.911. The predicted molar refractivity (Wildman–Crippen MR) is 72.1 cm³/mol. The zero-order chi connectivity index (χ0) is 15.6. The van der Waals surface area contributed by atoms with Crippen LogP contribution in [-0.4, -0.2) is 29.1 Å². The molecule has 114 valence electrons. The van der Waals surface area contributed by atoms with Crippen LogP contribution >= 0.6 is 0 Å². The van der Waals surface area contributed by atoms with Gasteiger partial charge in [-0.1, -0.05) is 36.4 Å². The van der Waals surface area contributed by atoms with E-state index in [1.54, 1.807) is 36.4 Å². The maximum atomic E-state index is 12.3. The molecule has 6 heteroatoms. The van der Waals surface area contributed by atoms with Crippen molar-refractivity contribution < 1.29 is 28.1 Å². The number of aliphatic hydroxyl groups is 2. The van der Waals surface area contributed by atoms with Crippen molar-refractivity contribution >= 4 is 10.8 Å². The third-order valence-electron chi connectivity index (χ3n) is 3.12. The SMILES string of the molecule is C[C@@H](O)c1ccc2ccccc2c1OCC(O)C(F)(F)F. The Morgan fingerprint density at radius 1 is 1.10 bits per heavy atom. The van der Waals surface area contributed by atoms with Crippen LogP contribution in [0.3, 0.4) is 0 Å². The first-order chi connectivity index (χ1) is 9.80. The molecule has 2 rings (SSSR count). The molecule has 2 atom stereocenters. The molecule has 0 aromatic heterocycles. The van der Waals surface area contributed by atoms with Gasteiger partial charge in [0, 0.05) is 10.9 Å². The van der Waals surface area contributed by atoms with E-state index in [1.807, 2.05) is 0 Å². The first-order valence-electron chi connectivity index (χ1n) is 6.38. The van der Waals surface area contributed by atoms with Crippen molar-refractivity contribution in [3.63, 3.8) is 0 Å². The second-order valence-corrected chi connectivity index (χ2v) is 4.75. The fourth-order valence-corrected chi connectivity index (χ4v) is 2.01. The Hall–Kier alpha value is -1.79. The van der Waals surface area contributed by atoms with E-state index in [2.05, 4.69) is 0 Å². The molecule has 0 radical (unpaired) electrons. The average molecular weight is 300 g/mol. The lowest BCUT2D eigenvalue weighted by atomic mass is 10.0. The lowest BCUT2D eigenvalue weighted by molar-refractivity contribution is -0.210. The number of aliphatic hydroxyl groups excluding tert-OH is 2. The van der Waals surface area contributed by atoms with Crippen LogP contribution < -0.4 is 4.74 Å². The molecular weight excluding hydrogens is 285 g/mol. The fraction of sp³-hybridized carbons (Fsp3) is 0.333. The van der Waals surface area contributed by atoms with Gasteiger partial charge < -0.3 is 14.9 Å². The van der Waals surface area contributed by atoms with Crippen LogP contribution in [0.15, 0.2) is 36.4 Å². The molecule has 0 aliphatic heterocycles. The molecule has 0 fully saturated rings. The summed E-state index contributed by atoms with van der Waals surface area (Å²) in [5.41, 5.74) is 0.378. The highest BCUT2D eigenvalue weighted by atomic mass is 19.4. The van der Waals surface area contributed by atoms with Gasteiger partial charge in [-0.15, -0.1) is 0 Å². The highest BCUT2D eigenvalue weighted by Gasteiger charge is 2.39. The van der Waals surface area contributed by atoms with Gasteiger partial charge in [-0.3, -0.25) is 0 Å². The summed E-state index contributed by atoms with van der Waals surface area (Å²) in [5, 5.41) is 20.1. The minimum atomic E-state index is -4.74. The number of halogens is 3. The van der Waals surface area contributed by atoms with Gasteiger partial charge in [0.2, 0.25) is 0 Å². The second-order valence-electron chi connectivity index (χ2n) is 4.75. The third-order valence-corrected chi connectivity index (χ3v) is 3.12. The summed E-state index contributed by atoms with van der Waals surface area (Å²) in [6.45, 7) is 0.578. The number of hydrogen-bond donors (Lipinski definition) is 2. The molecular formula is C15H15F3O3. The van der Waals surface area contributed by atoms with Gasteiger partial charge in [0.15, 0.2) is 6.10 Å². The van der Waals surface area contributed by atoms with Crippen LogP contribution in [-0.2, 0) is 0 Å². The van der Waals surface area contributed by atoms with Gasteiger partial charge in [-0.2, -0.15) is 13.2 Å². The van der Waals surface area contributed by atoms with E-state index in [4.69, 9.17) is 9.84 Å². The van der Waals surface area contributed by atoms with Gasteiger partial charge in [0.1, 0.15) is 12.4 Å². The summed E-state index contributed by atoms with van der Waals surface area (Å²) in [6, 6.07) is 10.3. The molecule has 0 bridgehead atoms. The third kappa shape index (κ3) is 3.46. The molecule has 0 heterocycles. The summed E-state index contributed by atoms with van der Waals surface area (Å²) in [4.78, 5) is 0. The van der Waals surface area contributed by atoms with Crippen molar-refractivity contribution in [2.45, 2.75) is 25.3 Å². The predicted octanol–water partition coefficient (Wildman–Crippen LogP) is 3.20. The van der Waals surface area contributed by atoms with Gasteiger partial charge in [-0.25, -0.2) is 0 Å². The average Bonchev–Trinajstić information content (AvgIpc) is 2.42. The molecule has 2 aromatic carbocycles. The molecule has 0 spiro atoms. The van der Waals surface area contributed by atoms with Crippen LogP contribution in [0.2, 0.25) is 0 Å². The Morgan fingerprint density at radius 3 is 2.38 bits per heavy atom. The molecule has 0 saturated carbocycles. The second kappa shape index (κ2) is 5.91. The molecule has 1 unspecified atom stereocenters. The maximum Gasteiger partial charge on any atom is 0.417 e. The number of fused-ring (bicyclic) bond motifs is 1. The van der Waals surface area contributed by atoms with E-state index < -0.39 is 25.0 Å². The highest BCUT2D eigenvalue weighted by molar-refractivity contribution is 5.89. The first kappa shape index (κ1) is 15.6. The van der Waals surface area contributed by atoms with E-state index in [0.717, 1.165) is 5.39 Å². The zero-order valence-corrected chi connectivity index (χ0v) is 11.3. The van der Waals surface area contributed by atoms with Gasteiger partial charge >= 0.3 is 6.18 Å². The van der Waals surface area contributed by atoms with Crippen molar-refractivity contribution in [1.82, 2.24) is 0 Å². The Bertz CT molecular complexity index is 623. The molecule has 0 aliphatic rings. The summed E-state index contributed by atoms with van der Waals surface area (Å²) in [6.07, 6.45) is -8.21. The van der Waals surface area contributed by atoms with Gasteiger partial charge in [-0.05, 0) is 12.3 Å². The van der Waals surface area contributed by atoms with Crippen LogP contribution in [0.4, 0.5) is 13.2 Å². The molecule has 0 aliphatic carbocycles.